The molecule has 3 N–H and O–H groups in total. The quantitative estimate of drug-likeness (QED) is 0.229. The summed E-state index contributed by atoms with van der Waals surface area (Å²) in [4.78, 5) is 26.5. The van der Waals surface area contributed by atoms with Crippen molar-refractivity contribution in [2.24, 2.45) is 0 Å². The minimum absolute atomic E-state index is 0.00970. The Balaban J connectivity index is 0.000000653. The van der Waals surface area contributed by atoms with Gasteiger partial charge < -0.3 is 29.0 Å². The van der Waals surface area contributed by atoms with Crippen LogP contribution in [0.2, 0.25) is 5.02 Å². The molecular formula is C26H33ClF3N4O6P. The van der Waals surface area contributed by atoms with Crippen LogP contribution >= 0.6 is 20.1 Å². The number of fused-ring (bicyclic) bond motifs is 1. The van der Waals surface area contributed by atoms with Gasteiger partial charge in [-0.05, 0) is 25.3 Å². The molecule has 0 bridgehead atoms. The summed E-state index contributed by atoms with van der Waals surface area (Å²) in [5.41, 5.74) is 4.75. The number of nitrogens with two attached hydrogens (primary N) is 1. The van der Waals surface area contributed by atoms with Gasteiger partial charge in [-0.15, -0.1) is 0 Å². The minimum atomic E-state index is -1.75. The number of nitrogen functional groups attached to an aromatic ring is 1. The van der Waals surface area contributed by atoms with Gasteiger partial charge in [0.25, 0.3) is 0 Å². The highest BCUT2D eigenvalue weighted by atomic mass is 35.5. The van der Waals surface area contributed by atoms with E-state index in [0.29, 0.717) is 18.1 Å². The van der Waals surface area contributed by atoms with Gasteiger partial charge in [0.2, 0.25) is 6.93 Å². The zero-order valence-electron chi connectivity index (χ0n) is 22.7. The molecule has 0 radical (unpaired) electrons. The second-order valence-corrected chi connectivity index (χ2v) is 10.3. The summed E-state index contributed by atoms with van der Waals surface area (Å²) < 4.78 is 57.1. The highest BCUT2D eigenvalue weighted by molar-refractivity contribution is 7.45. The molecule has 1 fully saturated rings. The number of benzene rings is 2. The molecule has 2 heterocycles. The number of methoxy groups -OCH3 is 1. The van der Waals surface area contributed by atoms with E-state index in [1.807, 2.05) is 50.2 Å². The first-order chi connectivity index (χ1) is 19.6. The summed E-state index contributed by atoms with van der Waals surface area (Å²) in [5, 5.41) is 4.79. The van der Waals surface area contributed by atoms with Gasteiger partial charge in [0, 0.05) is 25.1 Å². The average molecular weight is 621 g/mol. The van der Waals surface area contributed by atoms with Crippen molar-refractivity contribution in [1.82, 2.24) is 14.6 Å². The maximum Gasteiger partial charge on any atom is 0.351 e. The lowest BCUT2D eigenvalue weighted by molar-refractivity contribution is -0.106. The fraction of sp³-hybridized carbons (Fsp3) is 0.423. The molecule has 15 heteroatoms. The van der Waals surface area contributed by atoms with Crippen molar-refractivity contribution < 1.29 is 36.5 Å². The van der Waals surface area contributed by atoms with Crippen molar-refractivity contribution in [3.63, 3.8) is 0 Å². The van der Waals surface area contributed by atoms with Crippen LogP contribution in [0.1, 0.15) is 26.5 Å². The molecule has 0 spiro atoms. The first-order valence-corrected chi connectivity index (χ1v) is 13.9. The van der Waals surface area contributed by atoms with Crippen molar-refractivity contribution in [1.29, 1.82) is 0 Å². The van der Waals surface area contributed by atoms with Crippen molar-refractivity contribution in [2.45, 2.75) is 44.9 Å². The van der Waals surface area contributed by atoms with E-state index in [4.69, 9.17) is 35.9 Å². The Bertz CT molecular complexity index is 1290. The SMILES string of the molecule is COC(C)C.FCF.Nc1nc(=O)n(C2OC(COP(NCC=O)Oc3cccc4ccccc34)CC2F)cc1Cl. The van der Waals surface area contributed by atoms with Crippen LogP contribution < -0.4 is 21.0 Å². The van der Waals surface area contributed by atoms with Crippen molar-refractivity contribution in [3.8, 4) is 5.75 Å². The number of aldehydes is 1. The average Bonchev–Trinajstić information content (AvgIpc) is 3.33. The molecule has 4 unspecified atom stereocenters. The van der Waals surface area contributed by atoms with Gasteiger partial charge >= 0.3 is 14.2 Å². The van der Waals surface area contributed by atoms with Gasteiger partial charge in [0.15, 0.2) is 6.23 Å². The predicted octanol–water partition coefficient (Wildman–Crippen LogP) is 5.29. The lowest BCUT2D eigenvalue weighted by Gasteiger charge is -2.21. The summed E-state index contributed by atoms with van der Waals surface area (Å²) in [6.45, 7) is 2.24. The van der Waals surface area contributed by atoms with Crippen LogP contribution in [0, 0.1) is 0 Å². The first kappa shape index (κ1) is 34.4. The Kier molecular flexibility index (Phi) is 15.0. The third kappa shape index (κ3) is 10.8. The summed E-state index contributed by atoms with van der Waals surface area (Å²) >= 11 is 5.92. The van der Waals surface area contributed by atoms with Crippen LogP contribution in [0.5, 0.6) is 5.75 Å². The summed E-state index contributed by atoms with van der Waals surface area (Å²) in [6, 6.07) is 13.3. The van der Waals surface area contributed by atoms with Gasteiger partial charge in [0.1, 0.15) is 24.0 Å². The summed E-state index contributed by atoms with van der Waals surface area (Å²) in [7, 11) is -0.0338. The lowest BCUT2D eigenvalue weighted by Crippen LogP contribution is -2.31. The first-order valence-electron chi connectivity index (χ1n) is 12.4. The van der Waals surface area contributed by atoms with Crippen molar-refractivity contribution >= 4 is 43.0 Å². The number of ether oxygens (including phenoxy) is 2. The van der Waals surface area contributed by atoms with Gasteiger partial charge in [-0.1, -0.05) is 48.0 Å². The van der Waals surface area contributed by atoms with Crippen LogP contribution in [0.15, 0.2) is 53.5 Å². The topological polar surface area (TPSA) is 127 Å². The molecule has 2 aromatic carbocycles. The number of carbonyl (C=O) groups excluding carboxylic acids is 1. The third-order valence-corrected chi connectivity index (χ3v) is 6.90. The molecule has 3 aromatic rings. The van der Waals surface area contributed by atoms with E-state index in [2.05, 4.69) is 10.1 Å². The van der Waals surface area contributed by atoms with E-state index in [-0.39, 0.29) is 30.4 Å². The fourth-order valence-electron chi connectivity index (χ4n) is 3.42. The van der Waals surface area contributed by atoms with E-state index in [9.17, 15) is 22.8 Å². The van der Waals surface area contributed by atoms with Crippen LogP contribution in [-0.4, -0.2) is 61.4 Å². The van der Waals surface area contributed by atoms with Crippen LogP contribution in [0.3, 0.4) is 0 Å². The maximum absolute atomic E-state index is 14.7. The number of hydrogen-bond donors (Lipinski definition) is 2. The molecule has 0 amide bonds. The number of nitrogens with one attached hydrogen (secondary N) is 1. The highest BCUT2D eigenvalue weighted by Gasteiger charge is 2.38. The zero-order valence-corrected chi connectivity index (χ0v) is 24.4. The monoisotopic (exact) mass is 620 g/mol. The molecular weight excluding hydrogens is 588 g/mol. The fourth-order valence-corrected chi connectivity index (χ4v) is 4.64. The Morgan fingerprint density at radius 2 is 1.93 bits per heavy atom. The van der Waals surface area contributed by atoms with Crippen LogP contribution in [0.4, 0.5) is 19.0 Å². The normalized spacial score (nSPS) is 18.7. The molecule has 41 heavy (non-hydrogen) atoms. The van der Waals surface area contributed by atoms with Crippen LogP contribution in [0.25, 0.3) is 10.8 Å². The molecule has 4 rings (SSSR count). The summed E-state index contributed by atoms with van der Waals surface area (Å²) in [6.07, 6.45) is -1.08. The van der Waals surface area contributed by atoms with E-state index >= 15 is 0 Å². The second-order valence-electron chi connectivity index (χ2n) is 8.60. The summed E-state index contributed by atoms with van der Waals surface area (Å²) in [5.74, 6) is 0.448. The molecule has 226 valence electrons. The van der Waals surface area contributed by atoms with Gasteiger partial charge in [-0.25, -0.2) is 23.1 Å². The van der Waals surface area contributed by atoms with E-state index in [0.717, 1.165) is 15.3 Å². The Morgan fingerprint density at radius 1 is 1.27 bits per heavy atom. The Morgan fingerprint density at radius 3 is 2.59 bits per heavy atom. The Labute approximate surface area is 241 Å². The predicted molar refractivity (Wildman–Crippen MR) is 152 cm³/mol. The Hall–Kier alpha value is -2.80. The van der Waals surface area contributed by atoms with Crippen molar-refractivity contribution in [2.75, 3.05) is 32.9 Å². The van der Waals surface area contributed by atoms with E-state index in [1.54, 1.807) is 13.2 Å². The number of aromatic nitrogens is 2. The number of halogens is 4. The molecule has 0 saturated carbocycles. The van der Waals surface area contributed by atoms with E-state index in [1.165, 1.54) is 6.20 Å². The van der Waals surface area contributed by atoms with E-state index < -0.39 is 39.6 Å². The number of anilines is 1. The molecule has 10 nitrogen and oxygen atoms in total. The third-order valence-electron chi connectivity index (χ3n) is 5.42. The minimum Gasteiger partial charge on any atom is -0.435 e. The second kappa shape index (κ2) is 17.9. The molecule has 1 aliphatic heterocycles. The van der Waals surface area contributed by atoms with Crippen molar-refractivity contribution in [3.05, 3.63) is 64.2 Å². The highest BCUT2D eigenvalue weighted by Crippen LogP contribution is 2.40. The van der Waals surface area contributed by atoms with Gasteiger partial charge in [0.05, 0.1) is 30.4 Å². The standard InChI is InChI=1S/C21H21ClFN4O5P.C4H10O.CH2F2/c22-16-11-27(21(29)26-19(16)24)20-17(23)10-14(31-20)12-30-33(25-8-9-28)32-18-7-3-5-13-4-1-2-6-15(13)18;1-4(2)5-3;2-1-3/h1-7,9,11,14,17,20,25H,8,10,12H2,(H2,24,26,29);4H,1-3H3;1H2. The number of hydrogen-bond acceptors (Lipinski definition) is 9. The molecule has 1 saturated heterocycles. The smallest absolute Gasteiger partial charge is 0.351 e. The van der Waals surface area contributed by atoms with Crippen LogP contribution in [-0.2, 0) is 18.8 Å². The number of alkyl halides is 3. The molecule has 1 aliphatic rings. The number of rotatable bonds is 10. The molecule has 4 atom stereocenters. The largest absolute Gasteiger partial charge is 0.435 e. The molecule has 1 aromatic heterocycles. The zero-order chi connectivity index (χ0) is 30.4. The molecule has 0 aliphatic carbocycles. The van der Waals surface area contributed by atoms with Gasteiger partial charge in [-0.2, -0.15) is 4.98 Å². The van der Waals surface area contributed by atoms with Gasteiger partial charge in [-0.3, -0.25) is 4.57 Å². The number of nitrogens with zero attached hydrogens (tertiary/aromatic N) is 2. The maximum atomic E-state index is 14.7. The number of carbonyl (C=O) groups is 1. The lowest BCUT2D eigenvalue weighted by atomic mass is 10.1.